The average Bonchev–Trinajstić information content (AvgIpc) is 2.80. The first kappa shape index (κ1) is 22.9. The summed E-state index contributed by atoms with van der Waals surface area (Å²) in [6.45, 7) is 5.84. The Labute approximate surface area is 193 Å². The van der Waals surface area contributed by atoms with E-state index in [2.05, 4.69) is 20.8 Å². The molecule has 6 heteroatoms. The number of fused-ring (bicyclic) bond motifs is 2. The highest BCUT2D eigenvalue weighted by atomic mass is 16.6. The van der Waals surface area contributed by atoms with Crippen molar-refractivity contribution >= 4 is 23.5 Å². The van der Waals surface area contributed by atoms with Gasteiger partial charge in [0.1, 0.15) is 6.10 Å². The van der Waals surface area contributed by atoms with Gasteiger partial charge in [0.25, 0.3) is 0 Å². The number of ketones is 2. The smallest absolute Gasteiger partial charge is 0.344 e. The Morgan fingerprint density at radius 2 is 1.61 bits per heavy atom. The molecular weight excluding hydrogens is 420 g/mol. The van der Waals surface area contributed by atoms with Crippen molar-refractivity contribution in [2.24, 2.45) is 17.8 Å². The third-order valence-electron chi connectivity index (χ3n) is 6.74. The number of rotatable bonds is 5. The zero-order valence-electron chi connectivity index (χ0n) is 19.1. The highest BCUT2D eigenvalue weighted by Gasteiger charge is 2.35. The van der Waals surface area contributed by atoms with Crippen molar-refractivity contribution in [1.82, 2.24) is 0 Å². The minimum absolute atomic E-state index is 0.0144. The van der Waals surface area contributed by atoms with Gasteiger partial charge in [-0.2, -0.15) is 0 Å². The van der Waals surface area contributed by atoms with E-state index in [1.165, 1.54) is 18.2 Å². The van der Waals surface area contributed by atoms with Crippen LogP contribution in [0.25, 0.3) is 0 Å². The summed E-state index contributed by atoms with van der Waals surface area (Å²) in [4.78, 5) is 51.2. The summed E-state index contributed by atoms with van der Waals surface area (Å²) in [5, 5.41) is 0. The topological polar surface area (TPSA) is 86.7 Å². The van der Waals surface area contributed by atoms with E-state index in [9.17, 15) is 19.2 Å². The molecule has 2 aliphatic rings. The molecule has 0 saturated heterocycles. The van der Waals surface area contributed by atoms with Crippen LogP contribution >= 0.6 is 0 Å². The van der Waals surface area contributed by atoms with Gasteiger partial charge in [0, 0.05) is 22.3 Å². The van der Waals surface area contributed by atoms with E-state index in [0.717, 1.165) is 19.3 Å². The largest absolute Gasteiger partial charge is 0.460 e. The molecule has 0 spiro atoms. The molecule has 4 rings (SSSR count). The zero-order chi connectivity index (χ0) is 23.7. The van der Waals surface area contributed by atoms with Crippen molar-refractivity contribution in [3.63, 3.8) is 0 Å². The van der Waals surface area contributed by atoms with Crippen LogP contribution < -0.4 is 0 Å². The first-order valence-corrected chi connectivity index (χ1v) is 11.5. The molecule has 0 aliphatic heterocycles. The molecule has 0 aromatic heterocycles. The summed E-state index contributed by atoms with van der Waals surface area (Å²) in [5.41, 5.74) is 0.707. The number of hydrogen-bond donors (Lipinski definition) is 0. The predicted octanol–water partition coefficient (Wildman–Crippen LogP) is 4.62. The van der Waals surface area contributed by atoms with Crippen molar-refractivity contribution in [2.75, 3.05) is 6.61 Å². The van der Waals surface area contributed by atoms with Crippen LogP contribution in [0.3, 0.4) is 0 Å². The fourth-order valence-electron chi connectivity index (χ4n) is 4.97. The van der Waals surface area contributed by atoms with Crippen LogP contribution in [0.5, 0.6) is 0 Å². The Morgan fingerprint density at radius 3 is 2.30 bits per heavy atom. The molecule has 0 radical (unpaired) electrons. The molecule has 3 atom stereocenters. The lowest BCUT2D eigenvalue weighted by Gasteiger charge is -2.36. The van der Waals surface area contributed by atoms with Crippen LogP contribution in [0, 0.1) is 17.8 Å². The van der Waals surface area contributed by atoms with Crippen molar-refractivity contribution in [3.05, 3.63) is 70.3 Å². The second kappa shape index (κ2) is 9.30. The van der Waals surface area contributed by atoms with Crippen LogP contribution in [0.4, 0.5) is 0 Å². The highest BCUT2D eigenvalue weighted by Crippen LogP contribution is 2.35. The summed E-state index contributed by atoms with van der Waals surface area (Å²) < 4.78 is 10.9. The van der Waals surface area contributed by atoms with Gasteiger partial charge in [-0.15, -0.1) is 0 Å². The van der Waals surface area contributed by atoms with Gasteiger partial charge < -0.3 is 9.47 Å². The standard InChI is InChI=1S/C27H28O6/c1-15(2)17-12-11-16(3)13-22(17)33-23(28)14-32-27(31)21-10-6-9-20-24(21)26(30)19-8-5-4-7-18(19)25(20)29/h4-10,15-17,22H,11-14H2,1-3H3/t16-,17+,22+/m0/s1. The first-order chi connectivity index (χ1) is 15.8. The van der Waals surface area contributed by atoms with Crippen molar-refractivity contribution < 1.29 is 28.7 Å². The molecular formula is C27H28O6. The lowest BCUT2D eigenvalue weighted by Crippen LogP contribution is -2.36. The Hall–Kier alpha value is -3.28. The molecule has 2 aliphatic carbocycles. The molecule has 0 amide bonds. The fourth-order valence-corrected chi connectivity index (χ4v) is 4.97. The quantitative estimate of drug-likeness (QED) is 0.529. The molecule has 1 saturated carbocycles. The van der Waals surface area contributed by atoms with E-state index in [1.807, 2.05) is 0 Å². The van der Waals surface area contributed by atoms with Gasteiger partial charge in [-0.3, -0.25) is 9.59 Å². The fraction of sp³-hybridized carbons (Fsp3) is 0.407. The predicted molar refractivity (Wildman–Crippen MR) is 121 cm³/mol. The van der Waals surface area contributed by atoms with Gasteiger partial charge in [-0.25, -0.2) is 9.59 Å². The van der Waals surface area contributed by atoms with Crippen molar-refractivity contribution in [3.8, 4) is 0 Å². The molecule has 0 heterocycles. The summed E-state index contributed by atoms with van der Waals surface area (Å²) >= 11 is 0. The minimum atomic E-state index is -0.832. The summed E-state index contributed by atoms with van der Waals surface area (Å²) in [7, 11) is 0. The van der Waals surface area contributed by atoms with Crippen LogP contribution in [-0.4, -0.2) is 36.2 Å². The third-order valence-corrected chi connectivity index (χ3v) is 6.74. The van der Waals surface area contributed by atoms with E-state index in [1.54, 1.807) is 24.3 Å². The summed E-state index contributed by atoms with van der Waals surface area (Å²) in [6, 6.07) is 11.0. The van der Waals surface area contributed by atoms with Gasteiger partial charge in [-0.05, 0) is 36.7 Å². The maximum absolute atomic E-state index is 13.1. The van der Waals surface area contributed by atoms with Gasteiger partial charge in [0.2, 0.25) is 0 Å². The number of carbonyl (C=O) groups is 4. The Balaban J connectivity index is 1.47. The molecule has 6 nitrogen and oxygen atoms in total. The Kier molecular flexibility index (Phi) is 6.45. The second-order valence-electron chi connectivity index (χ2n) is 9.36. The summed E-state index contributed by atoms with van der Waals surface area (Å²) in [6.07, 6.45) is 2.72. The Bertz CT molecular complexity index is 1120. The highest BCUT2D eigenvalue weighted by molar-refractivity contribution is 6.30. The lowest BCUT2D eigenvalue weighted by atomic mass is 9.75. The van der Waals surface area contributed by atoms with E-state index in [0.29, 0.717) is 17.4 Å². The second-order valence-corrected chi connectivity index (χ2v) is 9.36. The van der Waals surface area contributed by atoms with Crippen LogP contribution in [0.1, 0.15) is 82.2 Å². The van der Waals surface area contributed by atoms with E-state index >= 15 is 0 Å². The van der Waals surface area contributed by atoms with Gasteiger partial charge in [-0.1, -0.05) is 63.6 Å². The Morgan fingerprint density at radius 1 is 0.939 bits per heavy atom. The maximum atomic E-state index is 13.1. The van der Waals surface area contributed by atoms with Gasteiger partial charge in [0.15, 0.2) is 18.2 Å². The molecule has 1 fully saturated rings. The minimum Gasteiger partial charge on any atom is -0.460 e. The summed E-state index contributed by atoms with van der Waals surface area (Å²) in [5.74, 6) is -1.02. The number of esters is 2. The number of ether oxygens (including phenoxy) is 2. The number of hydrogen-bond acceptors (Lipinski definition) is 6. The van der Waals surface area contributed by atoms with E-state index in [4.69, 9.17) is 9.47 Å². The number of benzene rings is 2. The van der Waals surface area contributed by atoms with Crippen molar-refractivity contribution in [2.45, 2.75) is 46.1 Å². The van der Waals surface area contributed by atoms with Crippen LogP contribution in [0.15, 0.2) is 42.5 Å². The normalized spacial score (nSPS) is 21.9. The zero-order valence-corrected chi connectivity index (χ0v) is 19.1. The van der Waals surface area contributed by atoms with E-state index in [-0.39, 0.29) is 40.1 Å². The van der Waals surface area contributed by atoms with Crippen LogP contribution in [-0.2, 0) is 14.3 Å². The molecule has 2 aromatic carbocycles. The lowest BCUT2D eigenvalue weighted by molar-refractivity contribution is -0.159. The molecule has 0 unspecified atom stereocenters. The van der Waals surface area contributed by atoms with Gasteiger partial charge in [0.05, 0.1) is 5.56 Å². The maximum Gasteiger partial charge on any atom is 0.344 e. The average molecular weight is 449 g/mol. The molecule has 2 aromatic rings. The first-order valence-electron chi connectivity index (χ1n) is 11.5. The third kappa shape index (κ3) is 4.47. The molecule has 172 valence electrons. The van der Waals surface area contributed by atoms with Crippen molar-refractivity contribution in [1.29, 1.82) is 0 Å². The molecule has 0 N–H and O–H groups in total. The monoisotopic (exact) mass is 448 g/mol. The molecule has 33 heavy (non-hydrogen) atoms. The van der Waals surface area contributed by atoms with E-state index < -0.39 is 24.3 Å². The van der Waals surface area contributed by atoms with Crippen LogP contribution in [0.2, 0.25) is 0 Å². The number of carbonyl (C=O) groups excluding carboxylic acids is 4. The SMILES string of the molecule is CC(C)[C@H]1CC[C@H](C)C[C@H]1OC(=O)COC(=O)c1cccc2c1C(=O)c1ccccc1C2=O. The van der Waals surface area contributed by atoms with Gasteiger partial charge >= 0.3 is 11.9 Å². The molecule has 0 bridgehead atoms.